The first-order valence-electron chi connectivity index (χ1n) is 9.94. The Kier molecular flexibility index (Phi) is 7.68. The third-order valence-corrected chi connectivity index (χ3v) is 5.23. The van der Waals surface area contributed by atoms with Gasteiger partial charge >= 0.3 is 0 Å². The van der Waals surface area contributed by atoms with Crippen molar-refractivity contribution in [2.24, 2.45) is 0 Å². The van der Waals surface area contributed by atoms with E-state index in [0.717, 1.165) is 0 Å². The van der Waals surface area contributed by atoms with Crippen molar-refractivity contribution in [2.75, 3.05) is 33.0 Å². The molecule has 8 heteroatoms. The van der Waals surface area contributed by atoms with Gasteiger partial charge in [-0.1, -0.05) is 29.8 Å². The SMILES string of the molecule is CCOc1ccc(/C(O)=C2\C(=O)C(=O)N(CCOCCO)[C@@H]2c2ccccc2Cl)cc1. The Morgan fingerprint density at radius 1 is 1.10 bits per heavy atom. The number of carbonyl (C=O) groups is 2. The van der Waals surface area contributed by atoms with Gasteiger partial charge in [0.05, 0.1) is 38.0 Å². The molecule has 1 aliphatic rings. The molecule has 0 aliphatic carbocycles. The minimum absolute atomic E-state index is 0.0376. The van der Waals surface area contributed by atoms with E-state index in [1.165, 1.54) is 4.90 Å². The first-order chi connectivity index (χ1) is 15.0. The highest BCUT2D eigenvalue weighted by Gasteiger charge is 2.46. The first-order valence-corrected chi connectivity index (χ1v) is 10.3. The summed E-state index contributed by atoms with van der Waals surface area (Å²) in [6.45, 7) is 2.56. The van der Waals surface area contributed by atoms with E-state index in [1.807, 2.05) is 6.92 Å². The van der Waals surface area contributed by atoms with Crippen LogP contribution in [0.25, 0.3) is 5.76 Å². The van der Waals surface area contributed by atoms with Gasteiger partial charge in [0.15, 0.2) is 0 Å². The van der Waals surface area contributed by atoms with Gasteiger partial charge in [-0.3, -0.25) is 9.59 Å². The lowest BCUT2D eigenvalue weighted by molar-refractivity contribution is -0.140. The molecule has 1 aliphatic heterocycles. The number of ether oxygens (including phenoxy) is 2. The molecule has 3 rings (SSSR count). The molecule has 0 spiro atoms. The maximum Gasteiger partial charge on any atom is 0.295 e. The number of rotatable bonds is 9. The van der Waals surface area contributed by atoms with Crippen molar-refractivity contribution in [3.63, 3.8) is 0 Å². The van der Waals surface area contributed by atoms with Gasteiger partial charge in [0.2, 0.25) is 0 Å². The highest BCUT2D eigenvalue weighted by atomic mass is 35.5. The molecule has 1 saturated heterocycles. The largest absolute Gasteiger partial charge is 0.507 e. The Hall–Kier alpha value is -2.87. The van der Waals surface area contributed by atoms with Crippen LogP contribution in [-0.4, -0.2) is 59.8 Å². The highest BCUT2D eigenvalue weighted by Crippen LogP contribution is 2.41. The summed E-state index contributed by atoms with van der Waals surface area (Å²) in [6, 6.07) is 12.6. The number of nitrogens with zero attached hydrogens (tertiary/aromatic N) is 1. The molecule has 1 atom stereocenters. The number of hydrogen-bond acceptors (Lipinski definition) is 6. The third kappa shape index (κ3) is 4.90. The van der Waals surface area contributed by atoms with Crippen LogP contribution >= 0.6 is 11.6 Å². The van der Waals surface area contributed by atoms with Gasteiger partial charge in [-0.05, 0) is 42.8 Å². The summed E-state index contributed by atoms with van der Waals surface area (Å²) in [5.74, 6) is -1.20. The highest BCUT2D eigenvalue weighted by molar-refractivity contribution is 6.47. The molecule has 1 amide bonds. The third-order valence-electron chi connectivity index (χ3n) is 4.89. The molecule has 0 aromatic heterocycles. The van der Waals surface area contributed by atoms with Crippen molar-refractivity contribution in [1.82, 2.24) is 4.90 Å². The van der Waals surface area contributed by atoms with Gasteiger partial charge in [0, 0.05) is 17.1 Å². The topological polar surface area (TPSA) is 96.3 Å². The minimum atomic E-state index is -0.863. The molecule has 31 heavy (non-hydrogen) atoms. The second kappa shape index (κ2) is 10.4. The Bertz CT molecular complexity index is 972. The van der Waals surface area contributed by atoms with Crippen LogP contribution in [0.15, 0.2) is 54.1 Å². The molecule has 2 aromatic rings. The summed E-state index contributed by atoms with van der Waals surface area (Å²) < 4.78 is 10.7. The second-order valence-electron chi connectivity index (χ2n) is 6.81. The van der Waals surface area contributed by atoms with E-state index in [-0.39, 0.29) is 37.7 Å². The van der Waals surface area contributed by atoms with Gasteiger partial charge in [0.25, 0.3) is 11.7 Å². The molecule has 0 unspecified atom stereocenters. The first kappa shape index (κ1) is 22.8. The average molecular weight is 446 g/mol. The number of amides is 1. The summed E-state index contributed by atoms with van der Waals surface area (Å²) in [6.07, 6.45) is 0. The number of Topliss-reactive ketones (excluding diaryl/α,β-unsaturated/α-hetero) is 1. The lowest BCUT2D eigenvalue weighted by Crippen LogP contribution is -2.33. The van der Waals surface area contributed by atoms with Gasteiger partial charge < -0.3 is 24.6 Å². The lowest BCUT2D eigenvalue weighted by Gasteiger charge is -2.26. The van der Waals surface area contributed by atoms with Gasteiger partial charge in [-0.2, -0.15) is 0 Å². The standard InChI is InChI=1S/C23H24ClNO6/c1-2-31-16-9-7-15(8-10-16)21(27)19-20(17-5-3-4-6-18(17)24)25(23(29)22(19)28)11-13-30-14-12-26/h3-10,20,26-27H,2,11-14H2,1H3/b21-19+/t20-/m1/s1. The van der Waals surface area contributed by atoms with Gasteiger partial charge in [-0.15, -0.1) is 0 Å². The van der Waals surface area contributed by atoms with Crippen molar-refractivity contribution < 1.29 is 29.3 Å². The maximum absolute atomic E-state index is 12.9. The zero-order chi connectivity index (χ0) is 22.4. The fourth-order valence-corrected chi connectivity index (χ4v) is 3.73. The van der Waals surface area contributed by atoms with Crippen LogP contribution in [0, 0.1) is 0 Å². The number of likely N-dealkylation sites (tertiary alicyclic amines) is 1. The quantitative estimate of drug-likeness (QED) is 0.266. The predicted octanol–water partition coefficient (Wildman–Crippen LogP) is 3.17. The molecule has 0 saturated carbocycles. The summed E-state index contributed by atoms with van der Waals surface area (Å²) in [5.41, 5.74) is 0.873. The molecular formula is C23H24ClNO6. The van der Waals surface area contributed by atoms with Crippen molar-refractivity contribution in [3.05, 3.63) is 70.3 Å². The van der Waals surface area contributed by atoms with E-state index >= 15 is 0 Å². The number of halogens is 1. The van der Waals surface area contributed by atoms with E-state index in [1.54, 1.807) is 48.5 Å². The Balaban J connectivity index is 2.05. The van der Waals surface area contributed by atoms with Crippen molar-refractivity contribution >= 4 is 29.1 Å². The molecule has 7 nitrogen and oxygen atoms in total. The number of carbonyl (C=O) groups excluding carboxylic acids is 2. The Morgan fingerprint density at radius 3 is 2.45 bits per heavy atom. The number of ketones is 1. The molecule has 0 bridgehead atoms. The predicted molar refractivity (Wildman–Crippen MR) is 116 cm³/mol. The lowest BCUT2D eigenvalue weighted by atomic mass is 9.95. The van der Waals surface area contributed by atoms with Gasteiger partial charge in [-0.25, -0.2) is 0 Å². The smallest absolute Gasteiger partial charge is 0.295 e. The van der Waals surface area contributed by atoms with Crippen molar-refractivity contribution in [3.8, 4) is 5.75 Å². The maximum atomic E-state index is 12.9. The van der Waals surface area contributed by atoms with E-state index in [2.05, 4.69) is 0 Å². The van der Waals surface area contributed by atoms with Crippen LogP contribution in [0.4, 0.5) is 0 Å². The van der Waals surface area contributed by atoms with Crippen LogP contribution in [0.3, 0.4) is 0 Å². The number of aliphatic hydroxyl groups is 2. The van der Waals surface area contributed by atoms with Crippen molar-refractivity contribution in [2.45, 2.75) is 13.0 Å². The van der Waals surface area contributed by atoms with E-state index < -0.39 is 17.7 Å². The Morgan fingerprint density at radius 2 is 1.81 bits per heavy atom. The van der Waals surface area contributed by atoms with Crippen LogP contribution in [-0.2, 0) is 14.3 Å². The summed E-state index contributed by atoms with van der Waals surface area (Å²) >= 11 is 6.39. The molecule has 0 radical (unpaired) electrons. The van der Waals surface area contributed by atoms with E-state index in [4.69, 9.17) is 26.2 Å². The normalized spacial score (nSPS) is 17.9. The van der Waals surface area contributed by atoms with Crippen LogP contribution in [0.2, 0.25) is 5.02 Å². The zero-order valence-electron chi connectivity index (χ0n) is 17.1. The van der Waals surface area contributed by atoms with Crippen molar-refractivity contribution in [1.29, 1.82) is 0 Å². The van der Waals surface area contributed by atoms with Gasteiger partial charge in [0.1, 0.15) is 11.5 Å². The zero-order valence-corrected chi connectivity index (χ0v) is 17.8. The fourth-order valence-electron chi connectivity index (χ4n) is 3.49. The molecule has 164 valence electrons. The average Bonchev–Trinajstić information content (AvgIpc) is 3.02. The fraction of sp³-hybridized carbons (Fsp3) is 0.304. The van der Waals surface area contributed by atoms with Crippen LogP contribution in [0.1, 0.15) is 24.1 Å². The molecule has 1 heterocycles. The summed E-state index contributed by atoms with van der Waals surface area (Å²) in [7, 11) is 0. The van der Waals surface area contributed by atoms with Crippen LogP contribution < -0.4 is 4.74 Å². The Labute approximate surface area is 185 Å². The minimum Gasteiger partial charge on any atom is -0.507 e. The van der Waals surface area contributed by atoms with E-state index in [0.29, 0.717) is 28.5 Å². The number of hydrogen-bond donors (Lipinski definition) is 2. The summed E-state index contributed by atoms with van der Waals surface area (Å²) in [4.78, 5) is 27.1. The monoisotopic (exact) mass is 445 g/mol. The van der Waals surface area contributed by atoms with Crippen LogP contribution in [0.5, 0.6) is 5.75 Å². The number of aliphatic hydroxyl groups excluding tert-OH is 2. The molecular weight excluding hydrogens is 422 g/mol. The molecule has 2 aromatic carbocycles. The molecule has 1 fully saturated rings. The summed E-state index contributed by atoms with van der Waals surface area (Å²) in [5, 5.41) is 20.3. The molecule has 2 N–H and O–H groups in total. The second-order valence-corrected chi connectivity index (χ2v) is 7.21. The van der Waals surface area contributed by atoms with E-state index in [9.17, 15) is 14.7 Å². The number of benzene rings is 2.